The molecule has 1 aliphatic carbocycles. The third-order valence-electron chi connectivity index (χ3n) is 3.49. The summed E-state index contributed by atoms with van der Waals surface area (Å²) in [7, 11) is 0. The molecular weight excluding hydrogens is 246 g/mol. The lowest BCUT2D eigenvalue weighted by atomic mass is 9.94. The number of carboxylic acids is 1. The lowest BCUT2D eigenvalue weighted by molar-refractivity contribution is 0.0696. The van der Waals surface area contributed by atoms with Gasteiger partial charge in [-0.15, -0.1) is 0 Å². The molecule has 1 fully saturated rings. The van der Waals surface area contributed by atoms with Crippen LogP contribution in [0.25, 0.3) is 0 Å². The zero-order valence-electron chi connectivity index (χ0n) is 11.2. The van der Waals surface area contributed by atoms with Crippen molar-refractivity contribution in [2.24, 2.45) is 11.3 Å². The van der Waals surface area contributed by atoms with Crippen molar-refractivity contribution in [1.82, 2.24) is 5.32 Å². The second-order valence-corrected chi connectivity index (χ2v) is 5.79. The third-order valence-corrected chi connectivity index (χ3v) is 3.49. The molecule has 0 aromatic carbocycles. The third kappa shape index (κ3) is 3.36. The normalized spacial score (nSPS) is 16.4. The first-order chi connectivity index (χ1) is 8.92. The lowest BCUT2D eigenvalue weighted by Gasteiger charge is -2.17. The number of carbonyl (C=O) groups is 2. The number of aromatic carboxylic acids is 1. The van der Waals surface area contributed by atoms with Crippen LogP contribution in [0.4, 0.5) is 0 Å². The molecule has 2 rings (SSSR count). The van der Waals surface area contributed by atoms with Crippen LogP contribution in [0.1, 0.15) is 54.0 Å². The molecule has 0 unspecified atom stereocenters. The Balaban J connectivity index is 1.89. The van der Waals surface area contributed by atoms with Crippen molar-refractivity contribution in [2.45, 2.75) is 33.1 Å². The molecule has 1 saturated carbocycles. The summed E-state index contributed by atoms with van der Waals surface area (Å²) in [5.41, 5.74) is 0.236. The quantitative estimate of drug-likeness (QED) is 0.828. The smallest absolute Gasteiger partial charge is 0.338 e. The maximum absolute atomic E-state index is 11.8. The number of hydrogen-bond donors (Lipinski definition) is 2. The summed E-state index contributed by atoms with van der Waals surface area (Å²) in [6.45, 7) is 4.98. The first-order valence-corrected chi connectivity index (χ1v) is 6.52. The number of amides is 1. The van der Waals surface area contributed by atoms with E-state index in [9.17, 15) is 9.59 Å². The van der Waals surface area contributed by atoms with E-state index >= 15 is 0 Å². The Kier molecular flexibility index (Phi) is 3.64. The molecular formula is C14H19NO4. The van der Waals surface area contributed by atoms with Crippen molar-refractivity contribution in [2.75, 3.05) is 6.54 Å². The Morgan fingerprint density at radius 2 is 2.16 bits per heavy atom. The Morgan fingerprint density at radius 1 is 1.47 bits per heavy atom. The summed E-state index contributed by atoms with van der Waals surface area (Å²) < 4.78 is 4.96. The Morgan fingerprint density at radius 3 is 2.63 bits per heavy atom. The summed E-state index contributed by atoms with van der Waals surface area (Å²) in [5, 5.41) is 11.6. The van der Waals surface area contributed by atoms with Gasteiger partial charge >= 0.3 is 5.97 Å². The monoisotopic (exact) mass is 265 g/mol. The van der Waals surface area contributed by atoms with Crippen LogP contribution in [0.3, 0.4) is 0 Å². The van der Waals surface area contributed by atoms with E-state index < -0.39 is 5.97 Å². The van der Waals surface area contributed by atoms with E-state index in [0.717, 1.165) is 25.5 Å². The molecule has 0 aliphatic heterocycles. The van der Waals surface area contributed by atoms with Gasteiger partial charge in [0.2, 0.25) is 0 Å². The van der Waals surface area contributed by atoms with Crippen LogP contribution in [0, 0.1) is 11.3 Å². The van der Waals surface area contributed by atoms with Crippen molar-refractivity contribution in [1.29, 1.82) is 0 Å². The minimum Gasteiger partial charge on any atom is -0.478 e. The fourth-order valence-corrected chi connectivity index (χ4v) is 2.42. The molecule has 1 aromatic rings. The van der Waals surface area contributed by atoms with E-state index in [4.69, 9.17) is 9.52 Å². The van der Waals surface area contributed by atoms with Gasteiger partial charge in [0, 0.05) is 12.6 Å². The van der Waals surface area contributed by atoms with E-state index in [2.05, 4.69) is 19.2 Å². The molecule has 19 heavy (non-hydrogen) atoms. The highest BCUT2D eigenvalue weighted by Crippen LogP contribution is 2.50. The van der Waals surface area contributed by atoms with Crippen LogP contribution < -0.4 is 5.32 Å². The van der Waals surface area contributed by atoms with Gasteiger partial charge in [0.15, 0.2) is 5.76 Å². The Labute approximate surface area is 112 Å². The average molecular weight is 265 g/mol. The van der Waals surface area contributed by atoms with Crippen LogP contribution >= 0.6 is 0 Å². The molecule has 1 aliphatic rings. The number of rotatable bonds is 6. The van der Waals surface area contributed by atoms with Gasteiger partial charge in [-0.05, 0) is 30.6 Å². The van der Waals surface area contributed by atoms with Gasteiger partial charge in [-0.2, -0.15) is 0 Å². The second kappa shape index (κ2) is 5.07. The minimum atomic E-state index is -1.10. The van der Waals surface area contributed by atoms with Crippen LogP contribution in [0.2, 0.25) is 0 Å². The second-order valence-electron chi connectivity index (χ2n) is 5.79. The molecule has 104 valence electrons. The number of carbonyl (C=O) groups excluding carboxylic acids is 1. The average Bonchev–Trinajstić information content (AvgIpc) is 2.91. The largest absolute Gasteiger partial charge is 0.478 e. The van der Waals surface area contributed by atoms with Crippen molar-refractivity contribution in [3.8, 4) is 0 Å². The van der Waals surface area contributed by atoms with Crippen molar-refractivity contribution < 1.29 is 19.1 Å². The molecule has 0 radical (unpaired) electrons. The van der Waals surface area contributed by atoms with Crippen molar-refractivity contribution >= 4 is 11.9 Å². The predicted octanol–water partition coefficient (Wildman–Crippen LogP) is 2.53. The van der Waals surface area contributed by atoms with Gasteiger partial charge in [-0.25, -0.2) is 4.79 Å². The number of hydrogen-bond acceptors (Lipinski definition) is 3. The Bertz CT molecular complexity index is 485. The zero-order chi connectivity index (χ0) is 14.0. The van der Waals surface area contributed by atoms with Crippen LogP contribution in [0.15, 0.2) is 16.7 Å². The molecule has 1 amide bonds. The molecule has 0 atom stereocenters. The fourth-order valence-electron chi connectivity index (χ4n) is 2.42. The van der Waals surface area contributed by atoms with Gasteiger partial charge in [0.05, 0.1) is 5.56 Å². The van der Waals surface area contributed by atoms with E-state index in [1.54, 1.807) is 0 Å². The zero-order valence-corrected chi connectivity index (χ0v) is 11.2. The topological polar surface area (TPSA) is 79.5 Å². The van der Waals surface area contributed by atoms with Gasteiger partial charge < -0.3 is 14.8 Å². The fraction of sp³-hybridized carbons (Fsp3) is 0.571. The first kappa shape index (κ1) is 13.6. The van der Waals surface area contributed by atoms with E-state index in [-0.39, 0.29) is 22.6 Å². The highest BCUT2D eigenvalue weighted by Gasteiger charge is 2.42. The summed E-state index contributed by atoms with van der Waals surface area (Å²) >= 11 is 0. The van der Waals surface area contributed by atoms with E-state index in [1.807, 2.05) is 0 Å². The van der Waals surface area contributed by atoms with Crippen LogP contribution in [-0.4, -0.2) is 23.5 Å². The van der Waals surface area contributed by atoms with Crippen LogP contribution in [-0.2, 0) is 0 Å². The first-order valence-electron chi connectivity index (χ1n) is 6.52. The molecule has 1 aromatic heterocycles. The standard InChI is InChI=1S/C14H19NO4/c1-9(2)6-14(3-4-14)8-15-12(16)11-5-10(7-19-11)13(17)18/h5,7,9H,3-4,6,8H2,1-2H3,(H,15,16)(H,17,18). The maximum Gasteiger partial charge on any atom is 0.338 e. The van der Waals surface area contributed by atoms with Gasteiger partial charge in [0.1, 0.15) is 6.26 Å². The molecule has 1 heterocycles. The number of carboxylic acid groups (broad SMARTS) is 1. The molecule has 5 nitrogen and oxygen atoms in total. The molecule has 2 N–H and O–H groups in total. The molecule has 5 heteroatoms. The summed E-state index contributed by atoms with van der Waals surface area (Å²) in [6.07, 6.45) is 4.47. The number of nitrogens with one attached hydrogen (secondary N) is 1. The molecule has 0 saturated heterocycles. The number of furan rings is 1. The molecule has 0 bridgehead atoms. The SMILES string of the molecule is CC(C)CC1(CNC(=O)c2cc(C(=O)O)co2)CC1. The Hall–Kier alpha value is -1.78. The maximum atomic E-state index is 11.8. The van der Waals surface area contributed by atoms with Gasteiger partial charge in [0.25, 0.3) is 5.91 Å². The van der Waals surface area contributed by atoms with E-state index in [0.29, 0.717) is 12.5 Å². The lowest BCUT2D eigenvalue weighted by Crippen LogP contribution is -2.30. The summed E-state index contributed by atoms with van der Waals surface area (Å²) in [4.78, 5) is 22.5. The van der Waals surface area contributed by atoms with E-state index in [1.165, 1.54) is 6.07 Å². The predicted molar refractivity (Wildman–Crippen MR) is 69.1 cm³/mol. The summed E-state index contributed by atoms with van der Waals surface area (Å²) in [5.74, 6) is -0.775. The highest BCUT2D eigenvalue weighted by atomic mass is 16.4. The minimum absolute atomic E-state index is 0.00605. The highest BCUT2D eigenvalue weighted by molar-refractivity contribution is 5.95. The van der Waals surface area contributed by atoms with Gasteiger partial charge in [-0.1, -0.05) is 13.8 Å². The van der Waals surface area contributed by atoms with Crippen molar-refractivity contribution in [3.05, 3.63) is 23.7 Å². The molecule has 0 spiro atoms. The van der Waals surface area contributed by atoms with Crippen molar-refractivity contribution in [3.63, 3.8) is 0 Å². The van der Waals surface area contributed by atoms with Crippen LogP contribution in [0.5, 0.6) is 0 Å². The summed E-state index contributed by atoms with van der Waals surface area (Å²) in [6, 6.07) is 1.25. The van der Waals surface area contributed by atoms with Gasteiger partial charge in [-0.3, -0.25) is 4.79 Å².